The maximum absolute atomic E-state index is 10.8. The predicted octanol–water partition coefficient (Wildman–Crippen LogP) is 2.57. The molecule has 0 bridgehead atoms. The average Bonchev–Trinajstić information content (AvgIpc) is 3.04. The molecular formula is C17H23N5O3. The standard InChI is InChI=1S/C17H23N5O3/c1-4-15-14(16(5-2)25-21-15)11-20-17(18-3)19-10-12-7-6-8-13(9-12)22(23)24/h6-9H,4-5,10-11H2,1-3H3,(H2,18,19,20). The Balaban J connectivity index is 1.97. The highest BCUT2D eigenvalue weighted by atomic mass is 16.6. The SMILES string of the molecule is CCc1noc(CC)c1CNC(=NC)NCc1cccc([N+](=O)[O-])c1. The molecule has 0 aliphatic heterocycles. The predicted molar refractivity (Wildman–Crippen MR) is 95.4 cm³/mol. The summed E-state index contributed by atoms with van der Waals surface area (Å²) in [5.74, 6) is 1.48. The fourth-order valence-corrected chi connectivity index (χ4v) is 2.50. The molecule has 1 heterocycles. The molecule has 2 aromatic rings. The van der Waals surface area contributed by atoms with E-state index >= 15 is 0 Å². The molecule has 1 aromatic heterocycles. The summed E-state index contributed by atoms with van der Waals surface area (Å²) in [5.41, 5.74) is 2.89. The van der Waals surface area contributed by atoms with E-state index in [1.807, 2.05) is 19.9 Å². The Morgan fingerprint density at radius 1 is 1.28 bits per heavy atom. The van der Waals surface area contributed by atoms with Gasteiger partial charge in [-0.15, -0.1) is 0 Å². The molecule has 0 aliphatic rings. The quantitative estimate of drug-likeness (QED) is 0.346. The third-order valence-corrected chi connectivity index (χ3v) is 3.84. The van der Waals surface area contributed by atoms with Crippen molar-refractivity contribution in [1.29, 1.82) is 0 Å². The van der Waals surface area contributed by atoms with Crippen LogP contribution in [0, 0.1) is 10.1 Å². The van der Waals surface area contributed by atoms with Gasteiger partial charge >= 0.3 is 0 Å². The van der Waals surface area contributed by atoms with Crippen LogP contribution in [0.15, 0.2) is 33.8 Å². The van der Waals surface area contributed by atoms with Crippen LogP contribution >= 0.6 is 0 Å². The normalized spacial score (nSPS) is 11.4. The fraction of sp³-hybridized carbons (Fsp3) is 0.412. The molecule has 0 atom stereocenters. The zero-order valence-electron chi connectivity index (χ0n) is 14.7. The summed E-state index contributed by atoms with van der Waals surface area (Å²) in [6.07, 6.45) is 1.59. The smallest absolute Gasteiger partial charge is 0.269 e. The van der Waals surface area contributed by atoms with Crippen molar-refractivity contribution in [2.24, 2.45) is 4.99 Å². The van der Waals surface area contributed by atoms with Gasteiger partial charge in [-0.05, 0) is 12.0 Å². The van der Waals surface area contributed by atoms with Gasteiger partial charge in [0.1, 0.15) is 5.76 Å². The number of aromatic nitrogens is 1. The van der Waals surface area contributed by atoms with Crippen LogP contribution in [0.25, 0.3) is 0 Å². The highest BCUT2D eigenvalue weighted by Crippen LogP contribution is 2.15. The zero-order valence-corrected chi connectivity index (χ0v) is 14.7. The van der Waals surface area contributed by atoms with E-state index < -0.39 is 4.92 Å². The molecule has 0 saturated carbocycles. The van der Waals surface area contributed by atoms with E-state index in [9.17, 15) is 10.1 Å². The van der Waals surface area contributed by atoms with Crippen LogP contribution in [0.5, 0.6) is 0 Å². The van der Waals surface area contributed by atoms with Gasteiger partial charge in [0.25, 0.3) is 5.69 Å². The minimum absolute atomic E-state index is 0.0758. The highest BCUT2D eigenvalue weighted by Gasteiger charge is 2.13. The van der Waals surface area contributed by atoms with Gasteiger partial charge < -0.3 is 15.2 Å². The number of aliphatic imine (C=N–C) groups is 1. The molecule has 134 valence electrons. The molecule has 8 nitrogen and oxygen atoms in total. The van der Waals surface area contributed by atoms with Crippen molar-refractivity contribution in [3.63, 3.8) is 0 Å². The summed E-state index contributed by atoms with van der Waals surface area (Å²) >= 11 is 0. The second-order valence-electron chi connectivity index (χ2n) is 5.44. The minimum Gasteiger partial charge on any atom is -0.361 e. The van der Waals surface area contributed by atoms with Crippen LogP contribution in [0.4, 0.5) is 5.69 Å². The summed E-state index contributed by atoms with van der Waals surface area (Å²) in [6.45, 7) is 5.06. The van der Waals surface area contributed by atoms with Gasteiger partial charge in [0.2, 0.25) is 0 Å². The first-order chi connectivity index (χ1) is 12.1. The number of hydrogen-bond donors (Lipinski definition) is 2. The Bertz CT molecular complexity index is 733. The number of hydrogen-bond acceptors (Lipinski definition) is 5. The molecule has 0 aliphatic carbocycles. The number of nitrogens with zero attached hydrogens (tertiary/aromatic N) is 3. The highest BCUT2D eigenvalue weighted by molar-refractivity contribution is 5.79. The van der Waals surface area contributed by atoms with Crippen LogP contribution in [0.3, 0.4) is 0 Å². The number of nitro benzene ring substituents is 1. The molecule has 0 saturated heterocycles. The molecule has 8 heteroatoms. The second kappa shape index (κ2) is 8.81. The first-order valence-electron chi connectivity index (χ1n) is 8.23. The first kappa shape index (κ1) is 18.4. The maximum atomic E-state index is 10.8. The van der Waals surface area contributed by atoms with Crippen molar-refractivity contribution in [1.82, 2.24) is 15.8 Å². The molecule has 0 amide bonds. The Hall–Kier alpha value is -2.90. The summed E-state index contributed by atoms with van der Waals surface area (Å²) in [5, 5.41) is 21.3. The van der Waals surface area contributed by atoms with Gasteiger partial charge in [0, 0.05) is 44.3 Å². The molecule has 0 radical (unpaired) electrons. The fourth-order valence-electron chi connectivity index (χ4n) is 2.50. The lowest BCUT2D eigenvalue weighted by Crippen LogP contribution is -2.36. The van der Waals surface area contributed by atoms with Crippen molar-refractivity contribution in [3.8, 4) is 0 Å². The first-order valence-corrected chi connectivity index (χ1v) is 8.23. The van der Waals surface area contributed by atoms with E-state index in [4.69, 9.17) is 4.52 Å². The Labute approximate surface area is 146 Å². The van der Waals surface area contributed by atoms with Crippen molar-refractivity contribution in [3.05, 3.63) is 57.0 Å². The van der Waals surface area contributed by atoms with Gasteiger partial charge in [-0.1, -0.05) is 31.1 Å². The molecule has 2 rings (SSSR count). The largest absolute Gasteiger partial charge is 0.361 e. The third kappa shape index (κ3) is 4.79. The van der Waals surface area contributed by atoms with Crippen LogP contribution in [0.2, 0.25) is 0 Å². The Morgan fingerprint density at radius 3 is 2.68 bits per heavy atom. The summed E-state index contributed by atoms with van der Waals surface area (Å²) in [4.78, 5) is 14.6. The van der Waals surface area contributed by atoms with Crippen LogP contribution in [-0.4, -0.2) is 23.1 Å². The molecule has 0 spiro atoms. The van der Waals surface area contributed by atoms with Crippen LogP contribution in [0.1, 0.15) is 36.4 Å². The van der Waals surface area contributed by atoms with Gasteiger partial charge in [-0.3, -0.25) is 15.1 Å². The molecule has 0 unspecified atom stereocenters. The van der Waals surface area contributed by atoms with E-state index in [1.165, 1.54) is 6.07 Å². The summed E-state index contributed by atoms with van der Waals surface area (Å²) in [7, 11) is 1.68. The van der Waals surface area contributed by atoms with Crippen LogP contribution < -0.4 is 10.6 Å². The number of aryl methyl sites for hydroxylation is 2. The third-order valence-electron chi connectivity index (χ3n) is 3.84. The molecule has 25 heavy (non-hydrogen) atoms. The minimum atomic E-state index is -0.402. The molecular weight excluding hydrogens is 322 g/mol. The number of non-ortho nitro benzene ring substituents is 1. The number of guanidine groups is 1. The van der Waals surface area contributed by atoms with Crippen molar-refractivity contribution >= 4 is 11.6 Å². The monoisotopic (exact) mass is 345 g/mol. The maximum Gasteiger partial charge on any atom is 0.269 e. The molecule has 2 N–H and O–H groups in total. The summed E-state index contributed by atoms with van der Waals surface area (Å²) < 4.78 is 5.35. The Kier molecular flexibility index (Phi) is 6.50. The van der Waals surface area contributed by atoms with Crippen molar-refractivity contribution in [2.45, 2.75) is 39.8 Å². The van der Waals surface area contributed by atoms with E-state index in [2.05, 4.69) is 20.8 Å². The lowest BCUT2D eigenvalue weighted by atomic mass is 10.1. The van der Waals surface area contributed by atoms with E-state index in [0.717, 1.165) is 35.4 Å². The van der Waals surface area contributed by atoms with E-state index in [0.29, 0.717) is 19.0 Å². The number of benzene rings is 1. The van der Waals surface area contributed by atoms with Crippen molar-refractivity contribution < 1.29 is 9.45 Å². The number of nitro groups is 1. The lowest BCUT2D eigenvalue weighted by molar-refractivity contribution is -0.384. The van der Waals surface area contributed by atoms with Crippen LogP contribution in [-0.2, 0) is 25.9 Å². The van der Waals surface area contributed by atoms with Gasteiger partial charge in [-0.2, -0.15) is 0 Å². The zero-order chi connectivity index (χ0) is 18.2. The summed E-state index contributed by atoms with van der Waals surface area (Å²) in [6, 6.07) is 6.52. The second-order valence-corrected chi connectivity index (χ2v) is 5.44. The number of rotatable bonds is 7. The lowest BCUT2D eigenvalue weighted by Gasteiger charge is -2.12. The topological polar surface area (TPSA) is 106 Å². The van der Waals surface area contributed by atoms with E-state index in [-0.39, 0.29) is 5.69 Å². The van der Waals surface area contributed by atoms with Gasteiger partial charge in [0.15, 0.2) is 5.96 Å². The number of nitrogens with one attached hydrogen (secondary N) is 2. The van der Waals surface area contributed by atoms with Gasteiger partial charge in [-0.25, -0.2) is 0 Å². The average molecular weight is 345 g/mol. The van der Waals surface area contributed by atoms with Gasteiger partial charge in [0.05, 0.1) is 10.6 Å². The Morgan fingerprint density at radius 2 is 2.04 bits per heavy atom. The molecule has 0 fully saturated rings. The van der Waals surface area contributed by atoms with E-state index in [1.54, 1.807) is 19.2 Å². The van der Waals surface area contributed by atoms with Crippen molar-refractivity contribution in [2.75, 3.05) is 7.05 Å². The molecule has 1 aromatic carbocycles.